The first-order valence-electron chi connectivity index (χ1n) is 5.17. The number of hydrogen-bond donors (Lipinski definition) is 1. The number of rotatable bonds is 0. The monoisotopic (exact) mass is 216 g/mol. The Labute approximate surface area is 96.3 Å². The molecule has 0 atom stereocenters. The van der Waals surface area contributed by atoms with E-state index in [0.29, 0.717) is 0 Å². The molecule has 0 aliphatic rings. The summed E-state index contributed by atoms with van der Waals surface area (Å²) in [5.41, 5.74) is 3.00. The van der Waals surface area contributed by atoms with E-state index in [1.165, 1.54) is 0 Å². The molecule has 0 unspecified atom stereocenters. The summed E-state index contributed by atoms with van der Waals surface area (Å²) in [5, 5.41) is 8.52. The fraction of sp³-hybridized carbons (Fsp3) is 0.357. The van der Waals surface area contributed by atoms with Gasteiger partial charge in [-0.15, -0.1) is 0 Å². The summed E-state index contributed by atoms with van der Waals surface area (Å²) in [4.78, 5) is 10.4. The zero-order chi connectivity index (χ0) is 12.3. The van der Waals surface area contributed by atoms with Gasteiger partial charge in [-0.25, -0.2) is 4.79 Å². The molecule has 2 nitrogen and oxygen atoms in total. The van der Waals surface area contributed by atoms with Crippen molar-refractivity contribution in [2.45, 2.75) is 33.1 Å². The maximum absolute atomic E-state index is 10.4. The lowest BCUT2D eigenvalue weighted by Crippen LogP contribution is -2.11. The highest BCUT2D eigenvalue weighted by Crippen LogP contribution is 2.24. The molecule has 0 saturated carbocycles. The highest BCUT2D eigenvalue weighted by molar-refractivity contribution is 5.87. The fourth-order valence-corrected chi connectivity index (χ4v) is 1.34. The number of carboxylic acid groups (broad SMARTS) is 1. The standard InChI is InChI=1S/C14H16O2/c1-10-5-7-12(14(2,3)4)9-11(10)6-8-13(15)16/h5,7,9H,1-4H3,(H,15,16). The highest BCUT2D eigenvalue weighted by atomic mass is 16.4. The first-order chi connectivity index (χ1) is 7.30. The van der Waals surface area contributed by atoms with Gasteiger partial charge in [-0.3, -0.25) is 0 Å². The average molecular weight is 216 g/mol. The van der Waals surface area contributed by atoms with Gasteiger partial charge in [-0.2, -0.15) is 0 Å². The predicted octanol–water partition coefficient (Wildman–Crippen LogP) is 2.73. The Balaban J connectivity index is 3.21. The van der Waals surface area contributed by atoms with Crippen LogP contribution in [0.15, 0.2) is 18.2 Å². The molecule has 1 N–H and O–H groups in total. The van der Waals surface area contributed by atoms with E-state index >= 15 is 0 Å². The van der Waals surface area contributed by atoms with Gasteiger partial charge in [0.15, 0.2) is 0 Å². The molecule has 0 radical (unpaired) electrons. The van der Waals surface area contributed by atoms with E-state index in [-0.39, 0.29) is 5.41 Å². The van der Waals surface area contributed by atoms with Crippen LogP contribution in [-0.2, 0) is 10.2 Å². The molecule has 0 bridgehead atoms. The largest absolute Gasteiger partial charge is 0.472 e. The van der Waals surface area contributed by atoms with E-state index < -0.39 is 5.97 Å². The molecule has 1 rings (SSSR count). The van der Waals surface area contributed by atoms with Crippen molar-refractivity contribution >= 4 is 5.97 Å². The predicted molar refractivity (Wildman–Crippen MR) is 64.4 cm³/mol. The van der Waals surface area contributed by atoms with Crippen LogP contribution >= 0.6 is 0 Å². The molecular formula is C14H16O2. The van der Waals surface area contributed by atoms with E-state index in [1.807, 2.05) is 19.1 Å². The number of aryl methyl sites for hydroxylation is 1. The van der Waals surface area contributed by atoms with Gasteiger partial charge in [-0.05, 0) is 29.5 Å². The van der Waals surface area contributed by atoms with Crippen LogP contribution in [0.5, 0.6) is 0 Å². The summed E-state index contributed by atoms with van der Waals surface area (Å²) >= 11 is 0. The molecule has 0 spiro atoms. The molecule has 84 valence electrons. The molecule has 16 heavy (non-hydrogen) atoms. The number of benzene rings is 1. The quantitative estimate of drug-likeness (QED) is 0.677. The molecule has 1 aromatic carbocycles. The van der Waals surface area contributed by atoms with Crippen LogP contribution in [0.1, 0.15) is 37.5 Å². The van der Waals surface area contributed by atoms with E-state index in [0.717, 1.165) is 16.7 Å². The summed E-state index contributed by atoms with van der Waals surface area (Å²) in [7, 11) is 0. The van der Waals surface area contributed by atoms with Crippen molar-refractivity contribution in [1.82, 2.24) is 0 Å². The molecule has 2 heteroatoms. The van der Waals surface area contributed by atoms with Gasteiger partial charge in [0, 0.05) is 11.5 Å². The topological polar surface area (TPSA) is 37.3 Å². The maximum Gasteiger partial charge on any atom is 0.382 e. The molecule has 0 aliphatic carbocycles. The lowest BCUT2D eigenvalue weighted by atomic mass is 9.85. The second-order valence-electron chi connectivity index (χ2n) is 4.83. The van der Waals surface area contributed by atoms with E-state index in [2.05, 4.69) is 38.7 Å². The summed E-state index contributed by atoms with van der Waals surface area (Å²) in [6, 6.07) is 6.00. The Morgan fingerprint density at radius 1 is 1.31 bits per heavy atom. The minimum Gasteiger partial charge on any atom is -0.472 e. The third kappa shape index (κ3) is 3.13. The van der Waals surface area contributed by atoms with Crippen LogP contribution in [0.25, 0.3) is 0 Å². The molecule has 0 heterocycles. The van der Waals surface area contributed by atoms with Crippen LogP contribution in [0.3, 0.4) is 0 Å². The third-order valence-corrected chi connectivity index (χ3v) is 2.41. The zero-order valence-electron chi connectivity index (χ0n) is 10.1. The van der Waals surface area contributed by atoms with Gasteiger partial charge < -0.3 is 5.11 Å². The summed E-state index contributed by atoms with van der Waals surface area (Å²) in [5.74, 6) is 3.73. The molecule has 1 aromatic rings. The van der Waals surface area contributed by atoms with Gasteiger partial charge in [-0.1, -0.05) is 38.8 Å². The minimum atomic E-state index is -1.10. The van der Waals surface area contributed by atoms with E-state index in [1.54, 1.807) is 0 Å². The summed E-state index contributed by atoms with van der Waals surface area (Å²) < 4.78 is 0. The SMILES string of the molecule is Cc1ccc(C(C)(C)C)cc1C#CC(=O)O. The molecule has 0 aliphatic heterocycles. The first-order valence-corrected chi connectivity index (χ1v) is 5.17. The summed E-state index contributed by atoms with van der Waals surface area (Å²) in [6.45, 7) is 8.28. The van der Waals surface area contributed by atoms with Crippen LogP contribution in [0.2, 0.25) is 0 Å². The number of carbonyl (C=O) groups is 1. The summed E-state index contributed by atoms with van der Waals surface area (Å²) in [6.07, 6.45) is 0. The number of carboxylic acids is 1. The Morgan fingerprint density at radius 2 is 1.94 bits per heavy atom. The Bertz CT molecular complexity index is 468. The molecular weight excluding hydrogens is 200 g/mol. The molecule has 0 aromatic heterocycles. The average Bonchev–Trinajstić information content (AvgIpc) is 2.14. The van der Waals surface area contributed by atoms with Crippen LogP contribution in [0, 0.1) is 18.8 Å². The fourth-order valence-electron chi connectivity index (χ4n) is 1.34. The van der Waals surface area contributed by atoms with Crippen molar-refractivity contribution in [3.8, 4) is 11.8 Å². The van der Waals surface area contributed by atoms with Gasteiger partial charge in [0.05, 0.1) is 0 Å². The zero-order valence-corrected chi connectivity index (χ0v) is 10.1. The van der Waals surface area contributed by atoms with Crippen molar-refractivity contribution in [2.24, 2.45) is 0 Å². The minimum absolute atomic E-state index is 0.0490. The highest BCUT2D eigenvalue weighted by Gasteiger charge is 2.14. The smallest absolute Gasteiger partial charge is 0.382 e. The number of aliphatic carboxylic acids is 1. The van der Waals surface area contributed by atoms with Crippen LogP contribution in [0.4, 0.5) is 0 Å². The van der Waals surface area contributed by atoms with Crippen molar-refractivity contribution < 1.29 is 9.90 Å². The van der Waals surface area contributed by atoms with E-state index in [4.69, 9.17) is 5.11 Å². The maximum atomic E-state index is 10.4. The van der Waals surface area contributed by atoms with Gasteiger partial charge >= 0.3 is 5.97 Å². The Kier molecular flexibility index (Phi) is 3.39. The lowest BCUT2D eigenvalue weighted by molar-refractivity contribution is -0.130. The van der Waals surface area contributed by atoms with Crippen LogP contribution in [-0.4, -0.2) is 11.1 Å². The second-order valence-corrected chi connectivity index (χ2v) is 4.83. The molecule has 0 fully saturated rings. The number of hydrogen-bond acceptors (Lipinski definition) is 1. The second kappa shape index (κ2) is 4.40. The first kappa shape index (κ1) is 12.3. The van der Waals surface area contributed by atoms with Gasteiger partial charge in [0.1, 0.15) is 0 Å². The van der Waals surface area contributed by atoms with E-state index in [9.17, 15) is 4.79 Å². The van der Waals surface area contributed by atoms with Crippen molar-refractivity contribution in [2.75, 3.05) is 0 Å². The lowest BCUT2D eigenvalue weighted by Gasteiger charge is -2.19. The Morgan fingerprint density at radius 3 is 2.44 bits per heavy atom. The molecule has 0 saturated heterocycles. The Hall–Kier alpha value is -1.75. The molecule has 0 amide bonds. The van der Waals surface area contributed by atoms with Gasteiger partial charge in [0.25, 0.3) is 0 Å². The van der Waals surface area contributed by atoms with Crippen molar-refractivity contribution in [3.05, 3.63) is 34.9 Å². The van der Waals surface area contributed by atoms with Crippen molar-refractivity contribution in [3.63, 3.8) is 0 Å². The third-order valence-electron chi connectivity index (χ3n) is 2.41. The van der Waals surface area contributed by atoms with Crippen molar-refractivity contribution in [1.29, 1.82) is 0 Å². The van der Waals surface area contributed by atoms with Gasteiger partial charge in [0.2, 0.25) is 0 Å². The van der Waals surface area contributed by atoms with Crippen LogP contribution < -0.4 is 0 Å². The normalized spacial score (nSPS) is 10.5.